The van der Waals surface area contributed by atoms with Crippen molar-refractivity contribution in [3.8, 4) is 0 Å². The molecule has 0 radical (unpaired) electrons. The van der Waals surface area contributed by atoms with Crippen LogP contribution in [0.1, 0.15) is 0 Å². The molecule has 2 N–H and O–H groups in total. The zero-order valence-corrected chi connectivity index (χ0v) is 9.20. The Morgan fingerprint density at radius 2 is 2.17 bits per heavy atom. The van der Waals surface area contributed by atoms with Gasteiger partial charge in [0.15, 0.2) is 11.6 Å². The Hall–Kier alpha value is -2.02. The van der Waals surface area contributed by atoms with Gasteiger partial charge in [-0.1, -0.05) is 0 Å². The number of hydrogen-bond acceptors (Lipinski definition) is 3. The number of ether oxygens (including phenoxy) is 1. The zero-order valence-electron chi connectivity index (χ0n) is 9.20. The molecule has 1 fully saturated rings. The summed E-state index contributed by atoms with van der Waals surface area (Å²) in [7, 11) is 0. The van der Waals surface area contributed by atoms with E-state index in [2.05, 4.69) is 10.6 Å². The number of morpholine rings is 1. The number of rotatable bonds is 2. The Kier molecular flexibility index (Phi) is 3.52. The van der Waals surface area contributed by atoms with Gasteiger partial charge in [-0.3, -0.25) is 9.59 Å². The molecule has 5 nitrogen and oxygen atoms in total. The number of nitrogens with one attached hydrogen (secondary N) is 2. The molecular formula is C11H10F2N2O3. The molecule has 0 aliphatic carbocycles. The molecule has 0 spiro atoms. The first kappa shape index (κ1) is 12.4. The molecule has 0 bridgehead atoms. The van der Waals surface area contributed by atoms with Crippen LogP contribution >= 0.6 is 0 Å². The van der Waals surface area contributed by atoms with Gasteiger partial charge in [-0.25, -0.2) is 8.78 Å². The van der Waals surface area contributed by atoms with E-state index in [0.717, 1.165) is 12.1 Å². The SMILES string of the molecule is O=C1COCC(C(=O)Nc2ccc(F)c(F)c2)N1. The van der Waals surface area contributed by atoms with Crippen molar-refractivity contribution in [2.24, 2.45) is 0 Å². The number of hydrogen-bond donors (Lipinski definition) is 2. The Balaban J connectivity index is 2.02. The van der Waals surface area contributed by atoms with E-state index in [4.69, 9.17) is 4.74 Å². The third-order valence-electron chi connectivity index (χ3n) is 2.36. The highest BCUT2D eigenvalue weighted by Crippen LogP contribution is 2.13. The van der Waals surface area contributed by atoms with Gasteiger partial charge in [0.05, 0.1) is 6.61 Å². The van der Waals surface area contributed by atoms with Crippen molar-refractivity contribution in [1.82, 2.24) is 5.32 Å². The van der Waals surface area contributed by atoms with Crippen molar-refractivity contribution in [3.63, 3.8) is 0 Å². The average Bonchev–Trinajstić information content (AvgIpc) is 2.34. The van der Waals surface area contributed by atoms with Gasteiger partial charge in [0.25, 0.3) is 0 Å². The summed E-state index contributed by atoms with van der Waals surface area (Å²) in [4.78, 5) is 22.7. The molecule has 7 heteroatoms. The molecule has 1 aromatic carbocycles. The van der Waals surface area contributed by atoms with E-state index in [-0.39, 0.29) is 18.9 Å². The van der Waals surface area contributed by atoms with E-state index in [1.54, 1.807) is 0 Å². The van der Waals surface area contributed by atoms with E-state index >= 15 is 0 Å². The highest BCUT2D eigenvalue weighted by atomic mass is 19.2. The first-order valence-corrected chi connectivity index (χ1v) is 5.19. The van der Waals surface area contributed by atoms with E-state index in [0.29, 0.717) is 0 Å². The highest BCUT2D eigenvalue weighted by molar-refractivity contribution is 5.97. The number of benzene rings is 1. The van der Waals surface area contributed by atoms with Gasteiger partial charge in [-0.05, 0) is 12.1 Å². The second-order valence-electron chi connectivity index (χ2n) is 3.75. The van der Waals surface area contributed by atoms with Gasteiger partial charge in [0.1, 0.15) is 12.6 Å². The van der Waals surface area contributed by atoms with Crippen molar-refractivity contribution < 1.29 is 23.1 Å². The Labute approximate surface area is 101 Å². The molecule has 2 amide bonds. The molecule has 1 atom stereocenters. The van der Waals surface area contributed by atoms with Gasteiger partial charge in [-0.15, -0.1) is 0 Å². The van der Waals surface area contributed by atoms with Gasteiger partial charge in [-0.2, -0.15) is 0 Å². The van der Waals surface area contributed by atoms with Crippen LogP contribution in [0, 0.1) is 11.6 Å². The van der Waals surface area contributed by atoms with Gasteiger partial charge >= 0.3 is 0 Å². The summed E-state index contributed by atoms with van der Waals surface area (Å²) in [6.45, 7) is -0.0454. The third-order valence-corrected chi connectivity index (χ3v) is 2.36. The first-order valence-electron chi connectivity index (χ1n) is 5.19. The normalized spacial score (nSPS) is 19.2. The number of anilines is 1. The van der Waals surface area contributed by atoms with E-state index in [9.17, 15) is 18.4 Å². The second-order valence-corrected chi connectivity index (χ2v) is 3.75. The Bertz CT molecular complexity index is 493. The van der Waals surface area contributed by atoms with E-state index in [1.165, 1.54) is 6.07 Å². The first-order chi connectivity index (χ1) is 8.56. The van der Waals surface area contributed by atoms with Crippen molar-refractivity contribution in [2.45, 2.75) is 6.04 Å². The standard InChI is InChI=1S/C11H10F2N2O3/c12-7-2-1-6(3-8(7)13)14-11(17)9-4-18-5-10(16)15-9/h1-3,9H,4-5H2,(H,14,17)(H,15,16). The predicted octanol–water partition coefficient (Wildman–Crippen LogP) is 0.418. The lowest BCUT2D eigenvalue weighted by molar-refractivity contribution is -0.136. The lowest BCUT2D eigenvalue weighted by Crippen LogP contribution is -2.51. The van der Waals surface area contributed by atoms with Gasteiger partial charge < -0.3 is 15.4 Å². The molecule has 1 aliphatic rings. The van der Waals surface area contributed by atoms with Crippen LogP contribution < -0.4 is 10.6 Å². The molecule has 0 aromatic heterocycles. The van der Waals surface area contributed by atoms with Crippen molar-refractivity contribution in [2.75, 3.05) is 18.5 Å². The van der Waals surface area contributed by atoms with Crippen molar-refractivity contribution in [3.05, 3.63) is 29.8 Å². The fourth-order valence-corrected chi connectivity index (χ4v) is 1.49. The minimum Gasteiger partial charge on any atom is -0.369 e. The minimum absolute atomic E-state index is 0.0429. The summed E-state index contributed by atoms with van der Waals surface area (Å²) in [5.41, 5.74) is 0.110. The smallest absolute Gasteiger partial charge is 0.249 e. The zero-order chi connectivity index (χ0) is 13.1. The molecule has 1 aliphatic heterocycles. The van der Waals surface area contributed by atoms with Crippen LogP contribution in [-0.4, -0.2) is 31.1 Å². The average molecular weight is 256 g/mol. The minimum atomic E-state index is -1.06. The van der Waals surface area contributed by atoms with Crippen molar-refractivity contribution >= 4 is 17.5 Å². The quantitative estimate of drug-likeness (QED) is 0.805. The molecular weight excluding hydrogens is 246 g/mol. The maximum absolute atomic E-state index is 12.9. The summed E-state index contributed by atoms with van der Waals surface area (Å²) in [5, 5.41) is 4.78. The van der Waals surface area contributed by atoms with Crippen LogP contribution in [0.4, 0.5) is 14.5 Å². The van der Waals surface area contributed by atoms with Crippen LogP contribution in [0.5, 0.6) is 0 Å². The Morgan fingerprint density at radius 1 is 1.39 bits per heavy atom. The molecule has 1 aromatic rings. The largest absolute Gasteiger partial charge is 0.369 e. The molecule has 0 saturated carbocycles. The summed E-state index contributed by atoms with van der Waals surface area (Å²) in [6, 6.07) is 2.15. The van der Waals surface area contributed by atoms with Gasteiger partial charge in [0.2, 0.25) is 11.8 Å². The molecule has 18 heavy (non-hydrogen) atoms. The van der Waals surface area contributed by atoms with Gasteiger partial charge in [0, 0.05) is 11.8 Å². The van der Waals surface area contributed by atoms with Crippen LogP contribution in [0.2, 0.25) is 0 Å². The summed E-state index contributed by atoms with van der Waals surface area (Å²) in [5.74, 6) is -3.00. The maximum atomic E-state index is 12.9. The summed E-state index contributed by atoms with van der Waals surface area (Å²) >= 11 is 0. The fourth-order valence-electron chi connectivity index (χ4n) is 1.49. The fraction of sp³-hybridized carbons (Fsp3) is 0.273. The van der Waals surface area contributed by atoms with E-state index in [1.807, 2.05) is 0 Å². The number of halogens is 2. The van der Waals surface area contributed by atoms with Crippen LogP contribution in [-0.2, 0) is 14.3 Å². The second kappa shape index (κ2) is 5.09. The van der Waals surface area contributed by atoms with E-state index < -0.39 is 29.5 Å². The number of carbonyl (C=O) groups is 2. The number of carbonyl (C=O) groups excluding carboxylic acids is 2. The number of amides is 2. The molecule has 1 unspecified atom stereocenters. The predicted molar refractivity (Wildman–Crippen MR) is 57.7 cm³/mol. The van der Waals surface area contributed by atoms with Crippen LogP contribution in [0.3, 0.4) is 0 Å². The lowest BCUT2D eigenvalue weighted by atomic mass is 10.2. The highest BCUT2D eigenvalue weighted by Gasteiger charge is 2.25. The third kappa shape index (κ3) is 2.80. The molecule has 2 rings (SSSR count). The van der Waals surface area contributed by atoms with Crippen LogP contribution in [0.25, 0.3) is 0 Å². The molecule has 1 saturated heterocycles. The summed E-state index contributed by atoms with van der Waals surface area (Å²) < 4.78 is 30.5. The van der Waals surface area contributed by atoms with Crippen LogP contribution in [0.15, 0.2) is 18.2 Å². The summed E-state index contributed by atoms with van der Waals surface area (Å²) in [6.07, 6.45) is 0. The monoisotopic (exact) mass is 256 g/mol. The molecule has 96 valence electrons. The Morgan fingerprint density at radius 3 is 2.83 bits per heavy atom. The lowest BCUT2D eigenvalue weighted by Gasteiger charge is -2.22. The maximum Gasteiger partial charge on any atom is 0.249 e. The van der Waals surface area contributed by atoms with Crippen molar-refractivity contribution in [1.29, 1.82) is 0 Å². The topological polar surface area (TPSA) is 67.4 Å². The molecule has 1 heterocycles.